The van der Waals surface area contributed by atoms with Crippen molar-refractivity contribution in [2.24, 2.45) is 5.92 Å². The van der Waals surface area contributed by atoms with E-state index in [1.165, 1.54) is 0 Å². The number of carboxylic acids is 1. The number of carboxylic acid groups (broad SMARTS) is 1. The van der Waals surface area contributed by atoms with E-state index in [-0.39, 0.29) is 18.2 Å². The summed E-state index contributed by atoms with van der Waals surface area (Å²) in [4.78, 5) is 39.5. The van der Waals surface area contributed by atoms with Gasteiger partial charge in [0.2, 0.25) is 5.91 Å². The summed E-state index contributed by atoms with van der Waals surface area (Å²) in [6.07, 6.45) is 6.38. The first-order valence-corrected chi connectivity index (χ1v) is 10.9. The Hall–Kier alpha value is -3.55. The van der Waals surface area contributed by atoms with Crippen LogP contribution >= 0.6 is 0 Å². The number of nitrogens with one attached hydrogen (secondary N) is 1. The minimum Gasteiger partial charge on any atom is -0.481 e. The molecule has 0 aromatic carbocycles. The summed E-state index contributed by atoms with van der Waals surface area (Å²) in [6, 6.07) is 11.1. The minimum atomic E-state index is -0.931. The number of fused-ring (bicyclic) bond motifs is 1. The maximum Gasteiger partial charge on any atom is 0.305 e. The van der Waals surface area contributed by atoms with Crippen LogP contribution in [0.4, 0.5) is 5.82 Å². The summed E-state index contributed by atoms with van der Waals surface area (Å²) in [5.41, 5.74) is 2.45. The second-order valence-corrected chi connectivity index (χ2v) is 8.10. The van der Waals surface area contributed by atoms with Crippen LogP contribution in [-0.4, -0.2) is 50.4 Å². The molecule has 4 rings (SSSR count). The maximum absolute atomic E-state index is 13.1. The Balaban J connectivity index is 1.38. The lowest BCUT2D eigenvalue weighted by molar-refractivity contribution is -0.140. The van der Waals surface area contributed by atoms with Crippen molar-refractivity contribution in [2.45, 2.75) is 38.1 Å². The van der Waals surface area contributed by atoms with Crippen LogP contribution in [0, 0.1) is 5.92 Å². The van der Waals surface area contributed by atoms with Gasteiger partial charge in [-0.15, -0.1) is 0 Å². The summed E-state index contributed by atoms with van der Waals surface area (Å²) in [6.45, 7) is 0.563. The van der Waals surface area contributed by atoms with Gasteiger partial charge in [-0.2, -0.15) is 0 Å². The van der Waals surface area contributed by atoms with Crippen LogP contribution in [0.3, 0.4) is 0 Å². The Kier molecular flexibility index (Phi) is 6.58. The zero-order valence-electron chi connectivity index (χ0n) is 18.1. The number of carbonyl (C=O) groups excluding carboxylic acids is 1. The molecule has 0 aliphatic carbocycles. The van der Waals surface area contributed by atoms with Crippen LogP contribution in [0.15, 0.2) is 48.8 Å². The molecule has 166 valence electrons. The molecule has 8 nitrogen and oxygen atoms in total. The Labute approximate surface area is 186 Å². The fraction of sp³-hybridized carbons (Fsp3) is 0.375. The number of pyridine rings is 3. The second kappa shape index (κ2) is 9.72. The summed E-state index contributed by atoms with van der Waals surface area (Å²) in [5.74, 6) is -0.289. The quantitative estimate of drug-likeness (QED) is 0.532. The molecule has 0 spiro atoms. The average molecular weight is 434 g/mol. The molecule has 0 saturated carbocycles. The largest absolute Gasteiger partial charge is 0.481 e. The average Bonchev–Trinajstić information content (AvgIpc) is 3.17. The molecule has 3 aromatic rings. The van der Waals surface area contributed by atoms with Crippen LogP contribution in [-0.2, 0) is 16.0 Å². The summed E-state index contributed by atoms with van der Waals surface area (Å²) in [7, 11) is 1.77. The van der Waals surface area contributed by atoms with Crippen molar-refractivity contribution < 1.29 is 14.7 Å². The molecule has 8 heteroatoms. The van der Waals surface area contributed by atoms with Gasteiger partial charge in [-0.05, 0) is 61.6 Å². The van der Waals surface area contributed by atoms with E-state index >= 15 is 0 Å². The molecular weight excluding hydrogens is 406 g/mol. The van der Waals surface area contributed by atoms with Crippen molar-refractivity contribution in [2.75, 3.05) is 18.9 Å². The number of amides is 1. The van der Waals surface area contributed by atoms with Gasteiger partial charge < -0.3 is 15.3 Å². The molecule has 1 aliphatic heterocycles. The molecule has 2 atom stereocenters. The van der Waals surface area contributed by atoms with E-state index < -0.39 is 12.0 Å². The van der Waals surface area contributed by atoms with Gasteiger partial charge in [0.05, 0.1) is 12.5 Å². The highest BCUT2D eigenvalue weighted by atomic mass is 16.4. The zero-order valence-corrected chi connectivity index (χ0v) is 18.1. The van der Waals surface area contributed by atoms with Crippen molar-refractivity contribution in [3.8, 4) is 0 Å². The first kappa shape index (κ1) is 21.7. The van der Waals surface area contributed by atoms with Crippen molar-refractivity contribution in [3.63, 3.8) is 0 Å². The second-order valence-electron chi connectivity index (χ2n) is 8.10. The summed E-state index contributed by atoms with van der Waals surface area (Å²) < 4.78 is 0. The lowest BCUT2D eigenvalue weighted by atomic mass is 9.99. The molecule has 0 radical (unpaired) electrons. The van der Waals surface area contributed by atoms with Crippen molar-refractivity contribution >= 4 is 28.7 Å². The van der Waals surface area contributed by atoms with Crippen LogP contribution in [0.25, 0.3) is 11.0 Å². The molecule has 1 aliphatic rings. The fourth-order valence-corrected chi connectivity index (χ4v) is 4.33. The number of nitrogens with zero attached hydrogens (tertiary/aromatic N) is 4. The van der Waals surface area contributed by atoms with E-state index in [9.17, 15) is 14.7 Å². The van der Waals surface area contributed by atoms with Crippen LogP contribution in [0.1, 0.15) is 43.0 Å². The van der Waals surface area contributed by atoms with Gasteiger partial charge in [-0.3, -0.25) is 9.59 Å². The SMILES string of the molecule is CNc1ccc(C(CC(=O)O)N2CCC(CCCc3ccc4cccnc4n3)C2=O)cn1. The molecule has 2 unspecified atom stereocenters. The molecule has 2 N–H and O–H groups in total. The lowest BCUT2D eigenvalue weighted by Gasteiger charge is -2.27. The Morgan fingerprint density at radius 3 is 2.88 bits per heavy atom. The van der Waals surface area contributed by atoms with E-state index in [2.05, 4.69) is 20.3 Å². The Morgan fingerprint density at radius 2 is 2.12 bits per heavy atom. The van der Waals surface area contributed by atoms with Gasteiger partial charge in [0.15, 0.2) is 5.65 Å². The third-order valence-corrected chi connectivity index (χ3v) is 6.03. The molecule has 4 heterocycles. The van der Waals surface area contributed by atoms with Crippen LogP contribution in [0.2, 0.25) is 0 Å². The molecule has 32 heavy (non-hydrogen) atoms. The van der Waals surface area contributed by atoms with Crippen molar-refractivity contribution in [1.29, 1.82) is 0 Å². The van der Waals surface area contributed by atoms with Gasteiger partial charge >= 0.3 is 5.97 Å². The number of carbonyl (C=O) groups is 2. The fourth-order valence-electron chi connectivity index (χ4n) is 4.33. The highest BCUT2D eigenvalue weighted by Gasteiger charge is 2.37. The number of likely N-dealkylation sites (tertiary alicyclic amines) is 1. The van der Waals surface area contributed by atoms with Gasteiger partial charge in [-0.25, -0.2) is 15.0 Å². The molecule has 1 amide bonds. The standard InChI is InChI=1S/C24H27N5O3/c1-25-21-10-8-18(15-27-21)20(14-22(30)31)29-13-11-17(24(29)32)4-2-6-19-9-7-16-5-3-12-26-23(16)28-19/h3,5,7-10,12,15,17,20H,2,4,6,11,13-14H2,1H3,(H,25,27)(H,30,31). The Bertz CT molecular complexity index is 1100. The number of hydrogen-bond acceptors (Lipinski definition) is 6. The molecule has 1 saturated heterocycles. The van der Waals surface area contributed by atoms with E-state index in [1.807, 2.05) is 30.3 Å². The topological polar surface area (TPSA) is 108 Å². The number of aryl methyl sites for hydroxylation is 1. The van der Waals surface area contributed by atoms with Gasteiger partial charge in [0, 0.05) is 43.0 Å². The third-order valence-electron chi connectivity index (χ3n) is 6.03. The van der Waals surface area contributed by atoms with Gasteiger partial charge in [0.1, 0.15) is 5.82 Å². The van der Waals surface area contributed by atoms with E-state index in [1.54, 1.807) is 30.4 Å². The zero-order chi connectivity index (χ0) is 22.5. The molecule has 3 aromatic heterocycles. The maximum atomic E-state index is 13.1. The predicted molar refractivity (Wildman–Crippen MR) is 121 cm³/mol. The predicted octanol–water partition coefficient (Wildman–Crippen LogP) is 3.45. The van der Waals surface area contributed by atoms with Crippen LogP contribution in [0.5, 0.6) is 0 Å². The Morgan fingerprint density at radius 1 is 1.25 bits per heavy atom. The normalized spacial score (nSPS) is 17.0. The highest BCUT2D eigenvalue weighted by molar-refractivity contribution is 5.82. The first-order chi connectivity index (χ1) is 15.5. The van der Waals surface area contributed by atoms with Crippen molar-refractivity contribution in [3.05, 3.63) is 60.0 Å². The number of rotatable bonds is 9. The smallest absolute Gasteiger partial charge is 0.305 e. The third kappa shape index (κ3) is 4.85. The first-order valence-electron chi connectivity index (χ1n) is 10.9. The van der Waals surface area contributed by atoms with E-state index in [4.69, 9.17) is 0 Å². The van der Waals surface area contributed by atoms with Crippen molar-refractivity contribution in [1.82, 2.24) is 19.9 Å². The molecular formula is C24H27N5O3. The monoisotopic (exact) mass is 433 g/mol. The minimum absolute atomic E-state index is 0.0297. The summed E-state index contributed by atoms with van der Waals surface area (Å²) in [5, 5.41) is 13.4. The van der Waals surface area contributed by atoms with Gasteiger partial charge in [-0.1, -0.05) is 6.07 Å². The van der Waals surface area contributed by atoms with E-state index in [0.29, 0.717) is 12.4 Å². The highest BCUT2D eigenvalue weighted by Crippen LogP contribution is 2.33. The van der Waals surface area contributed by atoms with Gasteiger partial charge in [0.25, 0.3) is 0 Å². The number of aromatic nitrogens is 3. The number of anilines is 1. The number of aliphatic carboxylic acids is 1. The molecule has 0 bridgehead atoms. The van der Waals surface area contributed by atoms with Crippen LogP contribution < -0.4 is 5.32 Å². The summed E-state index contributed by atoms with van der Waals surface area (Å²) >= 11 is 0. The number of hydrogen-bond donors (Lipinski definition) is 2. The lowest BCUT2D eigenvalue weighted by Crippen LogP contribution is -2.33. The van der Waals surface area contributed by atoms with E-state index in [0.717, 1.165) is 48.0 Å². The molecule has 1 fully saturated rings.